The van der Waals surface area contributed by atoms with Crippen LogP contribution in [0.25, 0.3) is 0 Å². The van der Waals surface area contributed by atoms with Crippen LogP contribution in [-0.4, -0.2) is 5.91 Å². The molecule has 0 aliphatic rings. The number of hydrogen-bond donors (Lipinski definition) is 1. The van der Waals surface area contributed by atoms with Crippen LogP contribution in [-0.2, 0) is 4.79 Å². The summed E-state index contributed by atoms with van der Waals surface area (Å²) in [5.41, 5.74) is 5.18. The Bertz CT molecular complexity index is 490. The van der Waals surface area contributed by atoms with Crippen LogP contribution in [0.1, 0.15) is 251 Å². The smallest absolute Gasteiger partial charge is 0.217 e. The summed E-state index contributed by atoms with van der Waals surface area (Å²) in [5, 5.41) is 0. The molecule has 2 heteroatoms. The molecule has 0 aromatic heterocycles. The van der Waals surface area contributed by atoms with Gasteiger partial charge in [0.2, 0.25) is 5.91 Å². The fourth-order valence-electron chi connectivity index (χ4n) is 6.56. The van der Waals surface area contributed by atoms with Crippen LogP contribution in [0.5, 0.6) is 0 Å². The zero-order chi connectivity index (χ0) is 30.4. The van der Waals surface area contributed by atoms with Gasteiger partial charge in [0.25, 0.3) is 0 Å². The quantitative estimate of drug-likeness (QED) is 0.0713. The minimum Gasteiger partial charge on any atom is -0.370 e. The molecule has 0 unspecified atom stereocenters. The van der Waals surface area contributed by atoms with Gasteiger partial charge in [-0.3, -0.25) is 4.79 Å². The average molecular weight is 592 g/mol. The molecule has 0 saturated carbocycles. The highest BCUT2D eigenvalue weighted by molar-refractivity contribution is 5.73. The van der Waals surface area contributed by atoms with Gasteiger partial charge in [-0.2, -0.15) is 0 Å². The molecule has 0 spiro atoms. The molecule has 0 heterocycles. The second-order valence-electron chi connectivity index (χ2n) is 13.9. The van der Waals surface area contributed by atoms with Crippen molar-refractivity contribution in [1.82, 2.24) is 0 Å². The molecule has 0 saturated heterocycles. The van der Waals surface area contributed by atoms with E-state index < -0.39 is 0 Å². The fraction of sp³-hybridized carbons (Fsp3) is 0.975. The molecule has 0 aromatic carbocycles. The Labute approximate surface area is 266 Å². The van der Waals surface area contributed by atoms with Crippen LogP contribution in [0.3, 0.4) is 0 Å². The summed E-state index contributed by atoms with van der Waals surface area (Å²) in [6, 6.07) is 0. The van der Waals surface area contributed by atoms with Crippen molar-refractivity contribution in [3.63, 3.8) is 0 Å². The van der Waals surface area contributed by atoms with E-state index in [9.17, 15) is 4.79 Å². The maximum atomic E-state index is 10.7. The number of rotatable bonds is 38. The van der Waals surface area contributed by atoms with Crippen LogP contribution in [0.15, 0.2) is 0 Å². The van der Waals surface area contributed by atoms with Gasteiger partial charge in [-0.15, -0.1) is 0 Å². The monoisotopic (exact) mass is 592 g/mol. The van der Waals surface area contributed by atoms with Gasteiger partial charge in [-0.05, 0) is 6.42 Å². The Morgan fingerprint density at radius 1 is 0.286 bits per heavy atom. The summed E-state index contributed by atoms with van der Waals surface area (Å²) < 4.78 is 0. The van der Waals surface area contributed by atoms with Crippen LogP contribution >= 0.6 is 0 Å². The molecule has 0 bridgehead atoms. The fourth-order valence-corrected chi connectivity index (χ4v) is 6.56. The van der Waals surface area contributed by atoms with E-state index in [1.165, 1.54) is 231 Å². The van der Waals surface area contributed by atoms with Crippen molar-refractivity contribution in [3.05, 3.63) is 0 Å². The standard InChI is InChI=1S/C40H81NO/c1-2-3-4-5-6-7-8-9-10-11-12-13-14-15-16-17-18-19-20-21-22-23-24-25-26-27-28-29-30-31-32-33-34-35-36-37-38-39-40(41)42/h2-39H2,1H3,(H2,41,42). The zero-order valence-corrected chi connectivity index (χ0v) is 29.4. The molecular weight excluding hydrogens is 510 g/mol. The zero-order valence-electron chi connectivity index (χ0n) is 29.4. The molecule has 2 nitrogen and oxygen atoms in total. The number of carbonyl (C=O) groups is 1. The lowest BCUT2D eigenvalue weighted by atomic mass is 10.0. The normalized spacial score (nSPS) is 11.5. The number of carbonyl (C=O) groups excluding carboxylic acids is 1. The predicted molar refractivity (Wildman–Crippen MR) is 190 cm³/mol. The average Bonchev–Trinajstić information content (AvgIpc) is 2.98. The van der Waals surface area contributed by atoms with E-state index in [4.69, 9.17) is 5.73 Å². The SMILES string of the molecule is CCCCCCCCCCCCCCCCCCCCCCCCCCCCCCCCCCCCCCCC(N)=O. The maximum absolute atomic E-state index is 10.7. The first-order chi connectivity index (χ1) is 20.8. The van der Waals surface area contributed by atoms with Gasteiger partial charge >= 0.3 is 0 Å². The first kappa shape index (κ1) is 41.5. The van der Waals surface area contributed by atoms with Gasteiger partial charge in [0.05, 0.1) is 0 Å². The van der Waals surface area contributed by atoms with E-state index in [1.54, 1.807) is 0 Å². The van der Waals surface area contributed by atoms with Crippen LogP contribution < -0.4 is 5.73 Å². The van der Waals surface area contributed by atoms with Gasteiger partial charge in [0.1, 0.15) is 0 Å². The third-order valence-electron chi connectivity index (χ3n) is 9.53. The number of primary amides is 1. The maximum Gasteiger partial charge on any atom is 0.217 e. The van der Waals surface area contributed by atoms with Crippen LogP contribution in [0.4, 0.5) is 0 Å². The molecule has 1 amide bonds. The topological polar surface area (TPSA) is 43.1 Å². The Balaban J connectivity index is 3.03. The summed E-state index contributed by atoms with van der Waals surface area (Å²) in [6.45, 7) is 2.31. The number of hydrogen-bond acceptors (Lipinski definition) is 1. The molecule has 0 rings (SSSR count). The van der Waals surface area contributed by atoms with Crippen molar-refractivity contribution < 1.29 is 4.79 Å². The first-order valence-corrected chi connectivity index (χ1v) is 20.1. The highest BCUT2D eigenvalue weighted by Gasteiger charge is 1.98. The lowest BCUT2D eigenvalue weighted by Crippen LogP contribution is -2.09. The lowest BCUT2D eigenvalue weighted by Gasteiger charge is -2.05. The predicted octanol–water partition coefficient (Wildman–Crippen LogP) is 14.3. The number of unbranched alkanes of at least 4 members (excludes halogenated alkanes) is 36. The van der Waals surface area contributed by atoms with Gasteiger partial charge in [-0.25, -0.2) is 0 Å². The highest BCUT2D eigenvalue weighted by Crippen LogP contribution is 2.17. The minimum absolute atomic E-state index is 0.147. The van der Waals surface area contributed by atoms with Gasteiger partial charge in [-0.1, -0.05) is 238 Å². The van der Waals surface area contributed by atoms with Crippen molar-refractivity contribution in [2.45, 2.75) is 251 Å². The Morgan fingerprint density at radius 2 is 0.429 bits per heavy atom. The van der Waals surface area contributed by atoms with E-state index in [0.29, 0.717) is 6.42 Å². The van der Waals surface area contributed by atoms with Gasteiger partial charge in [0.15, 0.2) is 0 Å². The summed E-state index contributed by atoms with van der Waals surface area (Å²) in [7, 11) is 0. The Kier molecular flexibility index (Phi) is 38.0. The molecule has 0 radical (unpaired) electrons. The molecule has 0 aliphatic carbocycles. The van der Waals surface area contributed by atoms with E-state index >= 15 is 0 Å². The molecule has 2 N–H and O–H groups in total. The van der Waals surface area contributed by atoms with E-state index in [1.807, 2.05) is 0 Å². The Hall–Kier alpha value is -0.530. The third-order valence-corrected chi connectivity index (χ3v) is 9.53. The first-order valence-electron chi connectivity index (χ1n) is 20.1. The molecule has 0 atom stereocenters. The molecule has 0 aliphatic heterocycles. The van der Waals surface area contributed by atoms with Gasteiger partial charge in [0, 0.05) is 6.42 Å². The van der Waals surface area contributed by atoms with Crippen LogP contribution in [0, 0.1) is 0 Å². The highest BCUT2D eigenvalue weighted by atomic mass is 16.1. The summed E-state index contributed by atoms with van der Waals surface area (Å²) in [6.07, 6.45) is 53.6. The number of amides is 1. The molecule has 0 fully saturated rings. The van der Waals surface area contributed by atoms with Crippen molar-refractivity contribution in [3.8, 4) is 0 Å². The second-order valence-corrected chi connectivity index (χ2v) is 13.9. The van der Waals surface area contributed by atoms with Crippen LogP contribution in [0.2, 0.25) is 0 Å². The largest absolute Gasteiger partial charge is 0.370 e. The molecule has 252 valence electrons. The molecular formula is C40H81NO. The molecule has 42 heavy (non-hydrogen) atoms. The Morgan fingerprint density at radius 3 is 0.571 bits per heavy atom. The van der Waals surface area contributed by atoms with Crippen molar-refractivity contribution in [1.29, 1.82) is 0 Å². The van der Waals surface area contributed by atoms with Crippen molar-refractivity contribution in [2.24, 2.45) is 5.73 Å². The lowest BCUT2D eigenvalue weighted by molar-refractivity contribution is -0.118. The van der Waals surface area contributed by atoms with E-state index in [-0.39, 0.29) is 5.91 Å². The minimum atomic E-state index is -0.147. The summed E-state index contributed by atoms with van der Waals surface area (Å²) >= 11 is 0. The number of nitrogens with two attached hydrogens (primary N) is 1. The third kappa shape index (κ3) is 39.5. The van der Waals surface area contributed by atoms with Crippen molar-refractivity contribution >= 4 is 5.91 Å². The van der Waals surface area contributed by atoms with E-state index in [0.717, 1.165) is 6.42 Å². The summed E-state index contributed by atoms with van der Waals surface area (Å²) in [5.74, 6) is -0.147. The molecule has 0 aromatic rings. The van der Waals surface area contributed by atoms with Gasteiger partial charge < -0.3 is 5.73 Å². The van der Waals surface area contributed by atoms with Crippen molar-refractivity contribution in [2.75, 3.05) is 0 Å². The van der Waals surface area contributed by atoms with E-state index in [2.05, 4.69) is 6.92 Å². The summed E-state index contributed by atoms with van der Waals surface area (Å²) in [4.78, 5) is 10.7. The second kappa shape index (κ2) is 38.5.